The number of hydrogen-bond acceptors (Lipinski definition) is 6. The number of hydrogen-bond donors (Lipinski definition) is 5. The topological polar surface area (TPSA) is 101 Å². The Kier molecular flexibility index (Phi) is 54.6. The van der Waals surface area contributed by atoms with E-state index in [0.717, 1.165) is 0 Å². The van der Waals surface area contributed by atoms with Crippen LogP contribution in [-0.2, 0) is 0 Å². The number of aliphatic hydroxyl groups excluding tert-OH is 2. The van der Waals surface area contributed by atoms with E-state index in [1.54, 1.807) is 0 Å². The Morgan fingerprint density at radius 3 is 0.696 bits per heavy atom. The summed E-state index contributed by atoms with van der Waals surface area (Å²) in [7, 11) is -2.17. The first-order chi connectivity index (χ1) is 22.4. The lowest BCUT2D eigenvalue weighted by molar-refractivity contribution is 0.110. The van der Waals surface area contributed by atoms with Crippen molar-refractivity contribution in [3.63, 3.8) is 0 Å². The molecule has 0 aromatic rings. The van der Waals surface area contributed by atoms with Crippen molar-refractivity contribution in [1.82, 2.24) is 0 Å². The molecule has 7 heteroatoms. The molecule has 0 aliphatic heterocycles. The molecule has 0 saturated carbocycles. The fourth-order valence-electron chi connectivity index (χ4n) is 5.61. The van der Waals surface area contributed by atoms with E-state index in [4.69, 9.17) is 25.3 Å². The summed E-state index contributed by atoms with van der Waals surface area (Å²) in [5, 5.41) is 37.5. The largest absolute Gasteiger partial charge is 0.631 e. The molecule has 0 aromatic heterocycles. The molecule has 0 aliphatic carbocycles. The summed E-state index contributed by atoms with van der Waals surface area (Å²) in [6, 6.07) is 0. The lowest BCUT2D eigenvalue weighted by Crippen LogP contribution is -2.07. The van der Waals surface area contributed by atoms with Crippen molar-refractivity contribution in [2.45, 2.75) is 232 Å². The van der Waals surface area contributed by atoms with E-state index >= 15 is 0 Å². The Hall–Kier alpha value is 0.215. The quantitative estimate of drug-likeness (QED) is 0.0338. The molecule has 0 radical (unpaired) electrons. The van der Waals surface area contributed by atoms with Gasteiger partial charge in [-0.2, -0.15) is 11.8 Å². The molecule has 46 heavy (non-hydrogen) atoms. The Bertz CT molecular complexity index is 449. The summed E-state index contributed by atoms with van der Waals surface area (Å²) < 4.78 is 0. The van der Waals surface area contributed by atoms with Gasteiger partial charge in [-0.05, 0) is 31.3 Å². The van der Waals surface area contributed by atoms with Crippen LogP contribution in [0, 0.1) is 0 Å². The molecule has 0 spiro atoms. The van der Waals surface area contributed by atoms with Crippen LogP contribution in [0.25, 0.3) is 0 Å². The highest BCUT2D eigenvalue weighted by atomic mass is 32.2. The molecule has 0 bridgehead atoms. The van der Waals surface area contributed by atoms with Gasteiger partial charge in [-0.15, -0.1) is 0 Å². The maximum atomic E-state index is 8.11. The highest BCUT2D eigenvalue weighted by Gasteiger charge is 1.97. The minimum Gasteiger partial charge on any atom is -0.402 e. The molecule has 0 aliphatic rings. The smallest absolute Gasteiger partial charge is 0.402 e. The van der Waals surface area contributed by atoms with Crippen molar-refractivity contribution in [2.75, 3.05) is 18.1 Å². The fourth-order valence-corrected chi connectivity index (χ4v) is 6.63. The van der Waals surface area contributed by atoms with E-state index in [1.165, 1.54) is 224 Å². The van der Waals surface area contributed by atoms with Crippen LogP contribution in [0.3, 0.4) is 0 Å². The second kappa shape index (κ2) is 49.6. The minimum atomic E-state index is -2.17. The third-order valence-electron chi connectivity index (χ3n) is 8.55. The highest BCUT2D eigenvalue weighted by Crippen LogP contribution is 2.17. The van der Waals surface area contributed by atoms with Crippen LogP contribution >= 0.6 is 11.8 Å². The zero-order chi connectivity index (χ0) is 34.6. The van der Waals surface area contributed by atoms with Gasteiger partial charge >= 0.3 is 7.32 Å². The standard InChI is InChI=1S/C36H74S.C3H8O2.BH3O3/c1-3-5-7-9-11-13-15-17-19-21-23-25-27-29-31-33-35-37-36-34-32-30-28-26-24-22-20-18-16-14-12-10-8-6-4-2;1-3(5)2-4;2-1(3)4/h3-36H2,1-2H3;3-5H,2H2,1H3;2-4H. The SMILES string of the molecule is CC(O)CO.CCCCCCCCCCCCCCCCCCSCCCCCCCCCCCCCCCCCC.OB(O)O. The fraction of sp³-hybridized carbons (Fsp3) is 1.00. The normalized spacial score (nSPS) is 11.5. The van der Waals surface area contributed by atoms with E-state index in [9.17, 15) is 0 Å². The maximum absolute atomic E-state index is 8.11. The summed E-state index contributed by atoms with van der Waals surface area (Å²) in [4.78, 5) is 0. The van der Waals surface area contributed by atoms with Crippen LogP contribution in [0.5, 0.6) is 0 Å². The van der Waals surface area contributed by atoms with Gasteiger partial charge in [-0.3, -0.25) is 0 Å². The van der Waals surface area contributed by atoms with Gasteiger partial charge in [-0.25, -0.2) is 0 Å². The van der Waals surface area contributed by atoms with Crippen molar-refractivity contribution < 1.29 is 25.3 Å². The first kappa shape index (κ1) is 50.6. The molecule has 0 saturated heterocycles. The number of rotatable bonds is 35. The summed E-state index contributed by atoms with van der Waals surface area (Å²) in [5.74, 6) is 2.83. The number of unbranched alkanes of at least 4 members (excludes halogenated alkanes) is 30. The van der Waals surface area contributed by atoms with Crippen LogP contribution in [0.2, 0.25) is 0 Å². The molecule has 5 nitrogen and oxygen atoms in total. The van der Waals surface area contributed by atoms with Crippen molar-refractivity contribution in [2.24, 2.45) is 0 Å². The molecule has 0 aromatic carbocycles. The predicted molar refractivity (Wildman–Crippen MR) is 208 cm³/mol. The summed E-state index contributed by atoms with van der Waals surface area (Å²) in [5.41, 5.74) is 0. The van der Waals surface area contributed by atoms with Crippen LogP contribution in [0.4, 0.5) is 0 Å². The molecule has 0 heterocycles. The van der Waals surface area contributed by atoms with Gasteiger partial charge in [0.05, 0.1) is 12.7 Å². The number of aliphatic hydroxyl groups is 2. The van der Waals surface area contributed by atoms with Crippen LogP contribution < -0.4 is 0 Å². The van der Waals surface area contributed by atoms with Crippen LogP contribution in [0.15, 0.2) is 0 Å². The Morgan fingerprint density at radius 1 is 0.391 bits per heavy atom. The summed E-state index contributed by atoms with van der Waals surface area (Å²) in [6.07, 6.45) is 46.6. The number of thioether (sulfide) groups is 1. The van der Waals surface area contributed by atoms with Crippen molar-refractivity contribution >= 4 is 19.1 Å². The van der Waals surface area contributed by atoms with E-state index in [2.05, 4.69) is 25.6 Å². The zero-order valence-corrected chi connectivity index (χ0v) is 32.4. The average molecular weight is 677 g/mol. The second-order valence-electron chi connectivity index (χ2n) is 13.6. The average Bonchev–Trinajstić information content (AvgIpc) is 3.03. The van der Waals surface area contributed by atoms with Gasteiger partial charge in [0.1, 0.15) is 0 Å². The van der Waals surface area contributed by atoms with Gasteiger partial charge < -0.3 is 25.3 Å². The maximum Gasteiger partial charge on any atom is 0.631 e. The third-order valence-corrected chi connectivity index (χ3v) is 9.70. The summed E-state index contributed by atoms with van der Waals surface area (Å²) in [6.45, 7) is 6.00. The van der Waals surface area contributed by atoms with E-state index in [1.807, 2.05) is 0 Å². The first-order valence-electron chi connectivity index (χ1n) is 20.3. The molecule has 0 fully saturated rings. The van der Waals surface area contributed by atoms with Gasteiger partial charge in [0.25, 0.3) is 0 Å². The third kappa shape index (κ3) is 63.0. The molecule has 5 N–H and O–H groups in total. The molecule has 0 rings (SSSR count). The Labute approximate surface area is 294 Å². The van der Waals surface area contributed by atoms with Gasteiger partial charge in [0.15, 0.2) is 0 Å². The van der Waals surface area contributed by atoms with E-state index < -0.39 is 13.4 Å². The monoisotopic (exact) mass is 677 g/mol. The lowest BCUT2D eigenvalue weighted by Gasteiger charge is -2.05. The van der Waals surface area contributed by atoms with Crippen molar-refractivity contribution in [1.29, 1.82) is 0 Å². The predicted octanol–water partition coefficient (Wildman–Crippen LogP) is 11.6. The van der Waals surface area contributed by atoms with Crippen molar-refractivity contribution in [3.05, 3.63) is 0 Å². The van der Waals surface area contributed by atoms with E-state index in [-0.39, 0.29) is 6.61 Å². The molecule has 280 valence electrons. The molecule has 1 atom stereocenters. The molecule has 0 amide bonds. The summed E-state index contributed by atoms with van der Waals surface area (Å²) >= 11 is 2.23. The highest BCUT2D eigenvalue weighted by molar-refractivity contribution is 7.99. The van der Waals surface area contributed by atoms with Crippen molar-refractivity contribution in [3.8, 4) is 0 Å². The lowest BCUT2D eigenvalue weighted by atomic mass is 10.0. The molecule has 1 unspecified atom stereocenters. The van der Waals surface area contributed by atoms with E-state index in [0.29, 0.717) is 0 Å². The van der Waals surface area contributed by atoms with Gasteiger partial charge in [-0.1, -0.05) is 206 Å². The zero-order valence-electron chi connectivity index (χ0n) is 31.5. The second-order valence-corrected chi connectivity index (χ2v) is 14.8. The minimum absolute atomic E-state index is 0.139. The van der Waals surface area contributed by atoms with Gasteiger partial charge in [0, 0.05) is 0 Å². The Morgan fingerprint density at radius 2 is 0.543 bits per heavy atom. The Balaban J connectivity index is -0.00000179. The van der Waals surface area contributed by atoms with Crippen LogP contribution in [0.1, 0.15) is 226 Å². The molecular weight excluding hydrogens is 591 g/mol. The molecular formula is C39H85BO5S. The van der Waals surface area contributed by atoms with Crippen LogP contribution in [-0.4, -0.2) is 56.8 Å². The van der Waals surface area contributed by atoms with Gasteiger partial charge in [0.2, 0.25) is 0 Å². The first-order valence-corrected chi connectivity index (χ1v) is 21.5.